The second kappa shape index (κ2) is 10.5. The molecule has 1 atom stereocenters. The standard InChI is InChI=1S/C26H36F3N5/c1-4-32(5-2)18-24-22(13-16-33-14-9-6-10-15-33)31-25-30-19(3)17-23(34(24)25)20-11-7-8-12-21(20)26(27,28)29/h7-8,11-12,17,23H,4-6,9-10,13-16,18H2,1-3H3,(H,30,31). The highest BCUT2D eigenvalue weighted by atomic mass is 19.4. The molecule has 186 valence electrons. The molecule has 34 heavy (non-hydrogen) atoms. The van der Waals surface area contributed by atoms with Gasteiger partial charge in [-0.05, 0) is 63.7 Å². The fourth-order valence-corrected chi connectivity index (χ4v) is 5.15. The summed E-state index contributed by atoms with van der Waals surface area (Å²) in [5.74, 6) is 0.637. The summed E-state index contributed by atoms with van der Waals surface area (Å²) in [7, 11) is 0. The Hall–Kier alpha value is -2.32. The molecule has 2 aliphatic rings. The Morgan fingerprint density at radius 1 is 1.09 bits per heavy atom. The molecule has 2 aromatic rings. The Morgan fingerprint density at radius 2 is 1.79 bits per heavy atom. The molecule has 4 rings (SSSR count). The first kappa shape index (κ1) is 24.8. The first-order chi connectivity index (χ1) is 16.3. The van der Waals surface area contributed by atoms with Gasteiger partial charge in [-0.25, -0.2) is 4.98 Å². The summed E-state index contributed by atoms with van der Waals surface area (Å²) in [5.41, 5.74) is 2.48. The van der Waals surface area contributed by atoms with Gasteiger partial charge in [-0.1, -0.05) is 38.5 Å². The molecule has 3 heterocycles. The Morgan fingerprint density at radius 3 is 2.47 bits per heavy atom. The van der Waals surface area contributed by atoms with E-state index in [0.29, 0.717) is 12.5 Å². The predicted molar refractivity (Wildman–Crippen MR) is 130 cm³/mol. The fourth-order valence-electron chi connectivity index (χ4n) is 5.15. The smallest absolute Gasteiger partial charge is 0.330 e. The third kappa shape index (κ3) is 5.33. The van der Waals surface area contributed by atoms with Crippen molar-refractivity contribution in [3.63, 3.8) is 0 Å². The van der Waals surface area contributed by atoms with Crippen LogP contribution in [0.4, 0.5) is 19.1 Å². The van der Waals surface area contributed by atoms with Crippen LogP contribution in [0, 0.1) is 0 Å². The number of hydrogen-bond acceptors (Lipinski definition) is 4. The van der Waals surface area contributed by atoms with Crippen LogP contribution in [0.1, 0.15) is 68.6 Å². The van der Waals surface area contributed by atoms with E-state index in [0.717, 1.165) is 56.2 Å². The van der Waals surface area contributed by atoms with Crippen LogP contribution < -0.4 is 5.32 Å². The minimum absolute atomic E-state index is 0.262. The molecule has 1 N–H and O–H groups in total. The van der Waals surface area contributed by atoms with Gasteiger partial charge in [0.2, 0.25) is 5.95 Å². The Labute approximate surface area is 200 Å². The lowest BCUT2D eigenvalue weighted by atomic mass is 9.97. The van der Waals surface area contributed by atoms with Crippen LogP contribution in [-0.2, 0) is 19.1 Å². The van der Waals surface area contributed by atoms with E-state index in [2.05, 4.69) is 29.0 Å². The number of allylic oxidation sites excluding steroid dienone is 2. The van der Waals surface area contributed by atoms with Gasteiger partial charge in [0.25, 0.3) is 0 Å². The van der Waals surface area contributed by atoms with Crippen LogP contribution in [-0.4, -0.2) is 52.1 Å². The highest BCUT2D eigenvalue weighted by molar-refractivity contribution is 5.49. The normalized spacial score (nSPS) is 19.1. The van der Waals surface area contributed by atoms with Crippen LogP contribution in [0.25, 0.3) is 0 Å². The second-order valence-corrected chi connectivity index (χ2v) is 9.32. The number of imidazole rings is 1. The molecule has 0 amide bonds. The van der Waals surface area contributed by atoms with Gasteiger partial charge in [0.1, 0.15) is 0 Å². The zero-order valence-electron chi connectivity index (χ0n) is 20.5. The van der Waals surface area contributed by atoms with E-state index < -0.39 is 17.8 Å². The van der Waals surface area contributed by atoms with Crippen LogP contribution in [0.3, 0.4) is 0 Å². The maximum absolute atomic E-state index is 14.0. The van der Waals surface area contributed by atoms with Gasteiger partial charge in [-0.3, -0.25) is 4.90 Å². The zero-order valence-corrected chi connectivity index (χ0v) is 20.5. The third-order valence-electron chi connectivity index (χ3n) is 7.05. The van der Waals surface area contributed by atoms with E-state index in [1.54, 1.807) is 12.1 Å². The van der Waals surface area contributed by atoms with E-state index in [9.17, 15) is 13.2 Å². The minimum atomic E-state index is -4.42. The van der Waals surface area contributed by atoms with Crippen molar-refractivity contribution in [2.45, 2.75) is 65.2 Å². The number of rotatable bonds is 8. The van der Waals surface area contributed by atoms with Crippen LogP contribution >= 0.6 is 0 Å². The highest BCUT2D eigenvalue weighted by Gasteiger charge is 2.37. The van der Waals surface area contributed by atoms with Crippen molar-refractivity contribution in [3.05, 3.63) is 58.6 Å². The van der Waals surface area contributed by atoms with Crippen molar-refractivity contribution in [3.8, 4) is 0 Å². The number of aromatic nitrogens is 2. The van der Waals surface area contributed by atoms with E-state index in [4.69, 9.17) is 4.98 Å². The summed E-state index contributed by atoms with van der Waals surface area (Å²) >= 11 is 0. The zero-order chi connectivity index (χ0) is 24.3. The van der Waals surface area contributed by atoms with Crippen molar-refractivity contribution >= 4 is 5.95 Å². The Bertz CT molecular complexity index is 1000. The number of anilines is 1. The van der Waals surface area contributed by atoms with E-state index >= 15 is 0 Å². The summed E-state index contributed by atoms with van der Waals surface area (Å²) in [6.07, 6.45) is 2.02. The molecule has 1 aromatic heterocycles. The van der Waals surface area contributed by atoms with Gasteiger partial charge in [0.15, 0.2) is 0 Å². The monoisotopic (exact) mass is 475 g/mol. The summed E-state index contributed by atoms with van der Waals surface area (Å²) in [5, 5.41) is 3.33. The molecule has 5 nitrogen and oxygen atoms in total. The number of fused-ring (bicyclic) bond motifs is 1. The third-order valence-corrected chi connectivity index (χ3v) is 7.05. The van der Waals surface area contributed by atoms with Crippen molar-refractivity contribution in [1.29, 1.82) is 0 Å². The number of alkyl halides is 3. The number of likely N-dealkylation sites (tertiary alicyclic amines) is 1. The van der Waals surface area contributed by atoms with E-state index in [1.165, 1.54) is 31.4 Å². The lowest BCUT2D eigenvalue weighted by molar-refractivity contribution is -0.138. The molecular weight excluding hydrogens is 439 g/mol. The molecule has 0 aliphatic carbocycles. The molecule has 1 aromatic carbocycles. The molecule has 1 fully saturated rings. The average Bonchev–Trinajstić information content (AvgIpc) is 3.17. The molecule has 0 spiro atoms. The van der Waals surface area contributed by atoms with E-state index in [1.807, 2.05) is 17.6 Å². The first-order valence-corrected chi connectivity index (χ1v) is 12.5. The van der Waals surface area contributed by atoms with Crippen LogP contribution in [0.5, 0.6) is 0 Å². The summed E-state index contributed by atoms with van der Waals surface area (Å²) in [6.45, 7) is 11.7. The number of piperidine rings is 1. The highest BCUT2D eigenvalue weighted by Crippen LogP contribution is 2.40. The molecule has 0 radical (unpaired) electrons. The fraction of sp³-hybridized carbons (Fsp3) is 0.577. The maximum atomic E-state index is 14.0. The molecule has 0 saturated carbocycles. The molecule has 8 heteroatoms. The van der Waals surface area contributed by atoms with Gasteiger partial charge in [-0.15, -0.1) is 0 Å². The maximum Gasteiger partial charge on any atom is 0.416 e. The number of nitrogens with one attached hydrogen (secondary N) is 1. The van der Waals surface area contributed by atoms with Crippen molar-refractivity contribution in [2.75, 3.05) is 38.0 Å². The minimum Gasteiger partial charge on any atom is -0.330 e. The lowest BCUT2D eigenvalue weighted by Crippen LogP contribution is -2.32. The largest absolute Gasteiger partial charge is 0.416 e. The second-order valence-electron chi connectivity index (χ2n) is 9.32. The van der Waals surface area contributed by atoms with Crippen molar-refractivity contribution in [2.24, 2.45) is 0 Å². The van der Waals surface area contributed by atoms with Crippen LogP contribution in [0.15, 0.2) is 36.0 Å². The van der Waals surface area contributed by atoms with Gasteiger partial charge >= 0.3 is 6.18 Å². The Balaban J connectivity index is 1.77. The average molecular weight is 476 g/mol. The molecular formula is C26H36F3N5. The van der Waals surface area contributed by atoms with Gasteiger partial charge in [0, 0.05) is 25.2 Å². The Kier molecular flexibility index (Phi) is 7.67. The predicted octanol–water partition coefficient (Wildman–Crippen LogP) is 5.69. The SMILES string of the molecule is CCN(CC)Cc1c(CCN2CCCCC2)nc2n1C(c1ccccc1C(F)(F)F)C=C(C)N2. The summed E-state index contributed by atoms with van der Waals surface area (Å²) < 4.78 is 43.9. The first-order valence-electron chi connectivity index (χ1n) is 12.5. The summed E-state index contributed by atoms with van der Waals surface area (Å²) in [6, 6.07) is 5.36. The number of benzene rings is 1. The van der Waals surface area contributed by atoms with Gasteiger partial charge < -0.3 is 14.8 Å². The molecule has 1 saturated heterocycles. The van der Waals surface area contributed by atoms with E-state index in [-0.39, 0.29) is 5.56 Å². The topological polar surface area (TPSA) is 36.3 Å². The molecule has 2 aliphatic heterocycles. The summed E-state index contributed by atoms with van der Waals surface area (Å²) in [4.78, 5) is 9.73. The molecule has 1 unspecified atom stereocenters. The van der Waals surface area contributed by atoms with Gasteiger partial charge in [0.05, 0.1) is 23.0 Å². The number of nitrogens with zero attached hydrogens (tertiary/aromatic N) is 4. The lowest BCUT2D eigenvalue weighted by Gasteiger charge is -2.30. The number of hydrogen-bond donors (Lipinski definition) is 1. The molecule has 0 bridgehead atoms. The quantitative estimate of drug-likeness (QED) is 0.532. The van der Waals surface area contributed by atoms with Gasteiger partial charge in [-0.2, -0.15) is 13.2 Å². The van der Waals surface area contributed by atoms with Crippen molar-refractivity contribution < 1.29 is 13.2 Å². The number of halogens is 3. The van der Waals surface area contributed by atoms with Crippen molar-refractivity contribution in [1.82, 2.24) is 19.4 Å². The van der Waals surface area contributed by atoms with Crippen LogP contribution in [0.2, 0.25) is 0 Å².